The van der Waals surface area contributed by atoms with E-state index in [9.17, 15) is 0 Å². The third-order valence-corrected chi connectivity index (χ3v) is 2.12. The van der Waals surface area contributed by atoms with Crippen molar-refractivity contribution in [3.63, 3.8) is 0 Å². The molecule has 0 unspecified atom stereocenters. The van der Waals surface area contributed by atoms with E-state index in [1.54, 1.807) is 0 Å². The van der Waals surface area contributed by atoms with Crippen molar-refractivity contribution >= 4 is 0 Å². The van der Waals surface area contributed by atoms with E-state index in [-0.39, 0.29) is 0 Å². The highest BCUT2D eigenvalue weighted by Crippen LogP contribution is 2.28. The lowest BCUT2D eigenvalue weighted by molar-refractivity contribution is 0.242. The molecular formula is C6H14N2. The molecule has 1 rings (SSSR count). The Kier molecular flexibility index (Phi) is 1.86. The fourth-order valence-corrected chi connectivity index (χ4v) is 1.08. The average molecular weight is 114 g/mol. The average Bonchev–Trinajstić information content (AvgIpc) is 1.62. The molecule has 48 valence electrons. The van der Waals surface area contributed by atoms with Gasteiger partial charge in [0, 0.05) is 6.04 Å². The van der Waals surface area contributed by atoms with E-state index in [0.29, 0.717) is 6.04 Å². The Hall–Kier alpha value is -0.0800. The van der Waals surface area contributed by atoms with Gasteiger partial charge in [-0.1, -0.05) is 6.42 Å². The summed E-state index contributed by atoms with van der Waals surface area (Å²) in [4.78, 5) is 0. The summed E-state index contributed by atoms with van der Waals surface area (Å²) in [6.07, 6.45) is 4.13. The van der Waals surface area contributed by atoms with E-state index in [0.717, 1.165) is 5.92 Å². The second kappa shape index (κ2) is 2.46. The van der Waals surface area contributed by atoms with Crippen LogP contribution in [0.2, 0.25) is 0 Å². The predicted molar refractivity (Wildman–Crippen MR) is 34.1 cm³/mol. The van der Waals surface area contributed by atoms with Gasteiger partial charge in [0.2, 0.25) is 0 Å². The van der Waals surface area contributed by atoms with Crippen LogP contribution in [0.1, 0.15) is 26.2 Å². The fraction of sp³-hybridized carbons (Fsp3) is 1.00. The van der Waals surface area contributed by atoms with Gasteiger partial charge in [-0.2, -0.15) is 0 Å². The quantitative estimate of drug-likeness (QED) is 0.408. The van der Waals surface area contributed by atoms with E-state index in [2.05, 4.69) is 12.3 Å². The SMILES string of the molecule is C[C@H](NN)C1CCC1. The Labute approximate surface area is 50.4 Å². The molecule has 0 radical (unpaired) electrons. The van der Waals surface area contributed by atoms with Crippen LogP contribution in [-0.4, -0.2) is 6.04 Å². The van der Waals surface area contributed by atoms with Gasteiger partial charge < -0.3 is 0 Å². The van der Waals surface area contributed by atoms with Gasteiger partial charge in [-0.05, 0) is 25.7 Å². The molecule has 0 aromatic rings. The Morgan fingerprint density at radius 2 is 2.25 bits per heavy atom. The van der Waals surface area contributed by atoms with Crippen LogP contribution >= 0.6 is 0 Å². The maximum atomic E-state index is 5.23. The maximum Gasteiger partial charge on any atom is 0.0210 e. The zero-order chi connectivity index (χ0) is 5.98. The first-order chi connectivity index (χ1) is 3.84. The topological polar surface area (TPSA) is 38.0 Å². The molecule has 1 atom stereocenters. The minimum Gasteiger partial charge on any atom is -0.271 e. The van der Waals surface area contributed by atoms with Crippen molar-refractivity contribution in [2.75, 3.05) is 0 Å². The van der Waals surface area contributed by atoms with Gasteiger partial charge in [0.05, 0.1) is 0 Å². The van der Waals surface area contributed by atoms with Crippen LogP contribution in [-0.2, 0) is 0 Å². The number of nitrogens with two attached hydrogens (primary N) is 1. The summed E-state index contributed by atoms with van der Waals surface area (Å²) >= 11 is 0. The fourth-order valence-electron chi connectivity index (χ4n) is 1.08. The number of nitrogens with one attached hydrogen (secondary N) is 1. The maximum absolute atomic E-state index is 5.23. The van der Waals surface area contributed by atoms with E-state index in [4.69, 9.17) is 5.84 Å². The highest BCUT2D eigenvalue weighted by molar-refractivity contribution is 4.77. The molecule has 0 aromatic carbocycles. The van der Waals surface area contributed by atoms with Crippen molar-refractivity contribution in [1.82, 2.24) is 5.43 Å². The molecule has 8 heavy (non-hydrogen) atoms. The van der Waals surface area contributed by atoms with Crippen LogP contribution in [0.25, 0.3) is 0 Å². The van der Waals surface area contributed by atoms with Crippen molar-refractivity contribution in [2.45, 2.75) is 32.2 Å². The molecular weight excluding hydrogens is 100 g/mol. The van der Waals surface area contributed by atoms with Crippen molar-refractivity contribution in [3.05, 3.63) is 0 Å². The second-order valence-electron chi connectivity index (χ2n) is 2.65. The largest absolute Gasteiger partial charge is 0.271 e. The van der Waals surface area contributed by atoms with Crippen LogP contribution in [0.5, 0.6) is 0 Å². The highest BCUT2D eigenvalue weighted by Gasteiger charge is 2.22. The first-order valence-electron chi connectivity index (χ1n) is 3.30. The minimum absolute atomic E-state index is 0.531. The molecule has 0 bridgehead atoms. The highest BCUT2D eigenvalue weighted by atomic mass is 15.2. The molecule has 1 fully saturated rings. The third kappa shape index (κ3) is 1.01. The summed E-state index contributed by atoms with van der Waals surface area (Å²) in [7, 11) is 0. The van der Waals surface area contributed by atoms with Crippen molar-refractivity contribution in [2.24, 2.45) is 11.8 Å². The molecule has 0 spiro atoms. The minimum atomic E-state index is 0.531. The summed E-state index contributed by atoms with van der Waals surface area (Å²) < 4.78 is 0. The molecule has 0 heterocycles. The third-order valence-electron chi connectivity index (χ3n) is 2.12. The van der Waals surface area contributed by atoms with Gasteiger partial charge in [0.1, 0.15) is 0 Å². The van der Waals surface area contributed by atoms with Crippen LogP contribution in [0.15, 0.2) is 0 Å². The van der Waals surface area contributed by atoms with Gasteiger partial charge in [0.25, 0.3) is 0 Å². The molecule has 2 nitrogen and oxygen atoms in total. The zero-order valence-corrected chi connectivity index (χ0v) is 5.35. The van der Waals surface area contributed by atoms with E-state index < -0.39 is 0 Å². The lowest BCUT2D eigenvalue weighted by atomic mass is 9.81. The monoisotopic (exact) mass is 114 g/mol. The second-order valence-corrected chi connectivity index (χ2v) is 2.65. The van der Waals surface area contributed by atoms with Crippen LogP contribution in [0, 0.1) is 5.92 Å². The van der Waals surface area contributed by atoms with Crippen LogP contribution in [0.4, 0.5) is 0 Å². The summed E-state index contributed by atoms with van der Waals surface area (Å²) in [6, 6.07) is 0.531. The first-order valence-corrected chi connectivity index (χ1v) is 3.30. The molecule has 1 saturated carbocycles. The molecule has 1 aliphatic rings. The number of rotatable bonds is 2. The first kappa shape index (κ1) is 6.05. The molecule has 3 N–H and O–H groups in total. The summed E-state index contributed by atoms with van der Waals surface area (Å²) in [5.41, 5.74) is 2.77. The van der Waals surface area contributed by atoms with E-state index in [1.807, 2.05) is 0 Å². The Morgan fingerprint density at radius 3 is 2.38 bits per heavy atom. The van der Waals surface area contributed by atoms with E-state index >= 15 is 0 Å². The number of hydrazine groups is 1. The van der Waals surface area contributed by atoms with E-state index in [1.165, 1.54) is 19.3 Å². The van der Waals surface area contributed by atoms with Gasteiger partial charge >= 0.3 is 0 Å². The van der Waals surface area contributed by atoms with Gasteiger partial charge in [-0.15, -0.1) is 0 Å². The normalized spacial score (nSPS) is 24.8. The van der Waals surface area contributed by atoms with Gasteiger partial charge in [0.15, 0.2) is 0 Å². The van der Waals surface area contributed by atoms with Crippen molar-refractivity contribution < 1.29 is 0 Å². The zero-order valence-electron chi connectivity index (χ0n) is 5.35. The van der Waals surface area contributed by atoms with Crippen LogP contribution < -0.4 is 11.3 Å². The van der Waals surface area contributed by atoms with Crippen molar-refractivity contribution in [3.8, 4) is 0 Å². The summed E-state index contributed by atoms with van der Waals surface area (Å²) in [6.45, 7) is 2.14. The molecule has 2 heteroatoms. The smallest absolute Gasteiger partial charge is 0.0210 e. The molecule has 0 aliphatic heterocycles. The number of hydrogen-bond acceptors (Lipinski definition) is 2. The Morgan fingerprint density at radius 1 is 1.62 bits per heavy atom. The van der Waals surface area contributed by atoms with Gasteiger partial charge in [-0.25, -0.2) is 0 Å². The van der Waals surface area contributed by atoms with Crippen LogP contribution in [0.3, 0.4) is 0 Å². The Balaban J connectivity index is 2.13. The molecule has 1 aliphatic carbocycles. The predicted octanol–water partition coefficient (Wildman–Crippen LogP) is 0.638. The number of hydrogen-bond donors (Lipinski definition) is 2. The lowest BCUT2D eigenvalue weighted by Gasteiger charge is -2.30. The Bertz CT molecular complexity index is 66.2. The lowest BCUT2D eigenvalue weighted by Crippen LogP contribution is -2.41. The standard InChI is InChI=1S/C6H14N2/c1-5(8-7)6-3-2-4-6/h5-6,8H,2-4,7H2,1H3/t5-/m0/s1. The van der Waals surface area contributed by atoms with Crippen molar-refractivity contribution in [1.29, 1.82) is 0 Å². The molecule has 0 amide bonds. The molecule has 0 saturated heterocycles. The molecule has 0 aromatic heterocycles. The van der Waals surface area contributed by atoms with Gasteiger partial charge in [-0.3, -0.25) is 11.3 Å². The summed E-state index contributed by atoms with van der Waals surface area (Å²) in [5, 5.41) is 0. The summed E-state index contributed by atoms with van der Waals surface area (Å²) in [5.74, 6) is 6.09.